The van der Waals surface area contributed by atoms with Crippen molar-refractivity contribution in [1.82, 2.24) is 0 Å². The second-order valence-corrected chi connectivity index (χ2v) is 7.30. The van der Waals surface area contributed by atoms with Crippen molar-refractivity contribution in [3.05, 3.63) is 0 Å². The van der Waals surface area contributed by atoms with Crippen molar-refractivity contribution in [2.24, 2.45) is 23.5 Å². The van der Waals surface area contributed by atoms with E-state index in [1.54, 1.807) is 0 Å². The van der Waals surface area contributed by atoms with Gasteiger partial charge in [0.15, 0.2) is 11.9 Å². The van der Waals surface area contributed by atoms with E-state index in [9.17, 15) is 0 Å². The normalized spacial score (nSPS) is 61.8. The van der Waals surface area contributed by atoms with Crippen molar-refractivity contribution in [1.29, 1.82) is 0 Å². The van der Waals surface area contributed by atoms with Crippen molar-refractivity contribution in [2.45, 2.75) is 76.3 Å². The van der Waals surface area contributed by atoms with E-state index in [0.29, 0.717) is 11.8 Å². The fourth-order valence-corrected chi connectivity index (χ4v) is 4.83. The smallest absolute Gasteiger partial charge is 0.201 e. The highest BCUT2D eigenvalue weighted by atomic mass is 17.3. The highest BCUT2D eigenvalue weighted by molar-refractivity contribution is 5.11. The number of hydrogen-bond acceptors (Lipinski definition) is 5. The first-order valence-corrected chi connectivity index (χ1v) is 7.92. The average Bonchev–Trinajstić information content (AvgIpc) is 2.63. The van der Waals surface area contributed by atoms with Gasteiger partial charge in [0, 0.05) is 24.3 Å². The van der Waals surface area contributed by atoms with Crippen LogP contribution in [0.2, 0.25) is 0 Å². The van der Waals surface area contributed by atoms with Gasteiger partial charge in [-0.2, -0.15) is 0 Å². The first-order valence-electron chi connectivity index (χ1n) is 7.92. The van der Waals surface area contributed by atoms with Crippen LogP contribution in [0.3, 0.4) is 0 Å². The summed E-state index contributed by atoms with van der Waals surface area (Å²) in [6, 6.07) is 0.144. The number of hydrogen-bond donors (Lipinski definition) is 1. The Balaban J connectivity index is 1.82. The molecule has 5 aliphatic rings. The molecule has 4 saturated heterocycles. The fourth-order valence-electron chi connectivity index (χ4n) is 4.83. The maximum atomic E-state index is 6.42. The quantitative estimate of drug-likeness (QED) is 0.688. The van der Waals surface area contributed by atoms with Crippen LogP contribution in [0.5, 0.6) is 0 Å². The Kier molecular flexibility index (Phi) is 2.81. The van der Waals surface area contributed by atoms with E-state index in [0.717, 1.165) is 25.7 Å². The third-order valence-electron chi connectivity index (χ3n) is 6.20. The monoisotopic (exact) mass is 283 g/mol. The summed E-state index contributed by atoms with van der Waals surface area (Å²) in [5, 5.41) is 0. The Morgan fingerprint density at radius 3 is 2.65 bits per heavy atom. The molecule has 8 atom stereocenters. The lowest BCUT2D eigenvalue weighted by molar-refractivity contribution is -0.569. The molecule has 0 amide bonds. The Morgan fingerprint density at radius 1 is 1.05 bits per heavy atom. The van der Waals surface area contributed by atoms with Gasteiger partial charge in [-0.15, -0.1) is 0 Å². The molecule has 1 spiro atoms. The number of rotatable bonds is 0. The van der Waals surface area contributed by atoms with Crippen LogP contribution in [0.15, 0.2) is 0 Å². The Hall–Kier alpha value is -0.200. The molecule has 4 heterocycles. The molecule has 1 aliphatic carbocycles. The predicted molar refractivity (Wildman–Crippen MR) is 71.3 cm³/mol. The van der Waals surface area contributed by atoms with Gasteiger partial charge in [0.05, 0.1) is 6.10 Å². The summed E-state index contributed by atoms with van der Waals surface area (Å²) in [6.45, 7) is 6.31. The van der Waals surface area contributed by atoms with E-state index in [-0.39, 0.29) is 24.4 Å². The molecular formula is C15H25NO4. The van der Waals surface area contributed by atoms with Gasteiger partial charge in [-0.25, -0.2) is 9.78 Å². The maximum Gasteiger partial charge on any atom is 0.201 e. The van der Waals surface area contributed by atoms with Crippen LogP contribution in [-0.4, -0.2) is 29.8 Å². The van der Waals surface area contributed by atoms with Gasteiger partial charge in [0.25, 0.3) is 0 Å². The lowest BCUT2D eigenvalue weighted by Gasteiger charge is -2.60. The van der Waals surface area contributed by atoms with Crippen LogP contribution in [0.1, 0.15) is 46.5 Å². The van der Waals surface area contributed by atoms with E-state index in [2.05, 4.69) is 13.8 Å². The summed E-state index contributed by atoms with van der Waals surface area (Å²) in [4.78, 5) is 11.7. The lowest BCUT2D eigenvalue weighted by Crippen LogP contribution is -2.71. The maximum absolute atomic E-state index is 6.42. The van der Waals surface area contributed by atoms with E-state index < -0.39 is 11.4 Å². The molecule has 5 heteroatoms. The van der Waals surface area contributed by atoms with E-state index >= 15 is 0 Å². The summed E-state index contributed by atoms with van der Waals surface area (Å²) < 4.78 is 12.3. The first-order chi connectivity index (χ1) is 9.46. The third-order valence-corrected chi connectivity index (χ3v) is 6.20. The van der Waals surface area contributed by atoms with Crippen LogP contribution < -0.4 is 5.73 Å². The Bertz CT molecular complexity index is 415. The minimum absolute atomic E-state index is 0.144. The molecule has 2 bridgehead atoms. The van der Waals surface area contributed by atoms with Crippen molar-refractivity contribution in [3.8, 4) is 0 Å². The predicted octanol–water partition coefficient (Wildman–Crippen LogP) is 1.95. The molecule has 114 valence electrons. The molecule has 2 N–H and O–H groups in total. The lowest BCUT2D eigenvalue weighted by atomic mass is 9.59. The van der Waals surface area contributed by atoms with Gasteiger partial charge < -0.3 is 15.2 Å². The van der Waals surface area contributed by atoms with Crippen molar-refractivity contribution >= 4 is 0 Å². The summed E-state index contributed by atoms with van der Waals surface area (Å²) >= 11 is 0. The van der Waals surface area contributed by atoms with E-state index in [1.165, 1.54) is 0 Å². The van der Waals surface area contributed by atoms with E-state index in [1.807, 2.05) is 6.92 Å². The summed E-state index contributed by atoms with van der Waals surface area (Å²) in [5.41, 5.74) is 5.90. The molecule has 0 aromatic heterocycles. The Morgan fingerprint density at radius 2 is 1.85 bits per heavy atom. The second-order valence-electron chi connectivity index (χ2n) is 7.30. The molecule has 5 nitrogen and oxygen atoms in total. The molecule has 4 aliphatic heterocycles. The van der Waals surface area contributed by atoms with Crippen molar-refractivity contribution in [3.63, 3.8) is 0 Å². The highest BCUT2D eigenvalue weighted by Crippen LogP contribution is 2.58. The first kappa shape index (κ1) is 13.5. The SMILES string of the molecule is C[C@H]1[C@H](C)O[C@@H]2O[C@@]3(C)CCC4[C@H](N)CC[C@@H]1[C@]42OO3. The molecular weight excluding hydrogens is 258 g/mol. The molecule has 0 aromatic rings. The summed E-state index contributed by atoms with van der Waals surface area (Å²) in [7, 11) is 0. The van der Waals surface area contributed by atoms with Crippen LogP contribution in [0.4, 0.5) is 0 Å². The summed E-state index contributed by atoms with van der Waals surface area (Å²) in [6.07, 6.45) is 3.73. The van der Waals surface area contributed by atoms with Crippen molar-refractivity contribution < 1.29 is 19.2 Å². The van der Waals surface area contributed by atoms with Gasteiger partial charge >= 0.3 is 0 Å². The van der Waals surface area contributed by atoms with Gasteiger partial charge in [-0.05, 0) is 39.0 Å². The molecule has 5 fully saturated rings. The molecule has 0 radical (unpaired) electrons. The van der Waals surface area contributed by atoms with Gasteiger partial charge in [-0.3, -0.25) is 0 Å². The highest BCUT2D eigenvalue weighted by Gasteiger charge is 2.69. The average molecular weight is 283 g/mol. The zero-order chi connectivity index (χ0) is 14.1. The molecule has 0 aromatic carbocycles. The van der Waals surface area contributed by atoms with E-state index in [4.69, 9.17) is 25.0 Å². The largest absolute Gasteiger partial charge is 0.346 e. The second kappa shape index (κ2) is 4.17. The summed E-state index contributed by atoms with van der Waals surface area (Å²) in [5.74, 6) is 0.378. The minimum atomic E-state index is -0.697. The molecule has 1 unspecified atom stereocenters. The number of ether oxygens (including phenoxy) is 2. The van der Waals surface area contributed by atoms with Crippen LogP contribution in [0, 0.1) is 17.8 Å². The van der Waals surface area contributed by atoms with Crippen LogP contribution in [0.25, 0.3) is 0 Å². The van der Waals surface area contributed by atoms with Crippen LogP contribution >= 0.6 is 0 Å². The molecule has 20 heavy (non-hydrogen) atoms. The third kappa shape index (κ3) is 1.56. The zero-order valence-corrected chi connectivity index (χ0v) is 12.5. The zero-order valence-electron chi connectivity index (χ0n) is 12.5. The molecule has 1 saturated carbocycles. The van der Waals surface area contributed by atoms with Gasteiger partial charge in [0.1, 0.15) is 0 Å². The van der Waals surface area contributed by atoms with Crippen molar-refractivity contribution in [2.75, 3.05) is 0 Å². The topological polar surface area (TPSA) is 62.9 Å². The van der Waals surface area contributed by atoms with Crippen LogP contribution in [-0.2, 0) is 19.2 Å². The van der Waals surface area contributed by atoms with Gasteiger partial charge in [-0.1, -0.05) is 6.92 Å². The fraction of sp³-hybridized carbons (Fsp3) is 1.00. The standard InChI is InChI=1S/C15H25NO4/c1-8-9(2)17-13-15-10(8)4-5-12(16)11(15)6-7-14(3,18-13)19-20-15/h8-13H,4-7,16H2,1-3H3/t8-,9-,10-,11?,12+,13+,14+,15-/m0/s1. The number of fused-ring (bicyclic) bond motifs is 2. The minimum Gasteiger partial charge on any atom is -0.346 e. The molecule has 5 rings (SSSR count). The number of nitrogens with two attached hydrogens (primary N) is 1. The Labute approximate surface area is 120 Å². The van der Waals surface area contributed by atoms with Gasteiger partial charge in [0.2, 0.25) is 5.79 Å².